The summed E-state index contributed by atoms with van der Waals surface area (Å²) < 4.78 is 0. The molecule has 3 heterocycles. The molecule has 0 atom stereocenters. The van der Waals surface area contributed by atoms with Crippen molar-refractivity contribution in [3.63, 3.8) is 0 Å². The Balaban J connectivity index is 1.39. The molecule has 0 fully saturated rings. The second kappa shape index (κ2) is 8.19. The summed E-state index contributed by atoms with van der Waals surface area (Å²) in [4.78, 5) is 16.6. The number of aryl methyl sites for hydroxylation is 2. The van der Waals surface area contributed by atoms with E-state index < -0.39 is 0 Å². The Kier molecular flexibility index (Phi) is 5.47. The van der Waals surface area contributed by atoms with Crippen molar-refractivity contribution in [1.82, 2.24) is 25.3 Å². The lowest BCUT2D eigenvalue weighted by Crippen LogP contribution is -2.15. The zero-order chi connectivity index (χ0) is 20.4. The van der Waals surface area contributed by atoms with Gasteiger partial charge in [-0.25, -0.2) is 9.97 Å². The Morgan fingerprint density at radius 3 is 2.79 bits per heavy atom. The lowest BCUT2D eigenvalue weighted by molar-refractivity contribution is 0.673. The third kappa shape index (κ3) is 4.55. The summed E-state index contributed by atoms with van der Waals surface area (Å²) in [5.41, 5.74) is 12.2. The maximum absolute atomic E-state index is 6.06. The van der Waals surface area contributed by atoms with Crippen molar-refractivity contribution >= 4 is 28.3 Å². The molecule has 0 unspecified atom stereocenters. The van der Waals surface area contributed by atoms with Crippen LogP contribution in [-0.2, 0) is 19.5 Å². The SMILES string of the molecule is Cc1cc(N)nc(C)c1CNCc1c[nH]c(Cc2ccc3ncc(Cl)cc3c2)n1. The number of aromatic nitrogens is 4. The summed E-state index contributed by atoms with van der Waals surface area (Å²) in [5.74, 6) is 1.49. The van der Waals surface area contributed by atoms with Crippen molar-refractivity contribution in [3.05, 3.63) is 81.7 Å². The van der Waals surface area contributed by atoms with Crippen LogP contribution in [0.5, 0.6) is 0 Å². The average molecular weight is 407 g/mol. The summed E-state index contributed by atoms with van der Waals surface area (Å²) in [6.45, 7) is 5.45. The number of H-pyrrole nitrogens is 1. The Morgan fingerprint density at radius 1 is 1.10 bits per heavy atom. The van der Waals surface area contributed by atoms with E-state index in [0.29, 0.717) is 17.4 Å². The van der Waals surface area contributed by atoms with E-state index in [0.717, 1.165) is 52.2 Å². The molecule has 7 heteroatoms. The fraction of sp³-hybridized carbons (Fsp3) is 0.227. The predicted molar refractivity (Wildman–Crippen MR) is 117 cm³/mol. The van der Waals surface area contributed by atoms with Crippen LogP contribution in [0.3, 0.4) is 0 Å². The minimum Gasteiger partial charge on any atom is -0.384 e. The zero-order valence-electron chi connectivity index (χ0n) is 16.5. The number of imidazole rings is 1. The van der Waals surface area contributed by atoms with Gasteiger partial charge in [0.1, 0.15) is 11.6 Å². The van der Waals surface area contributed by atoms with Crippen molar-refractivity contribution in [2.45, 2.75) is 33.4 Å². The number of aromatic amines is 1. The Labute approximate surface area is 174 Å². The molecule has 0 radical (unpaired) electrons. The molecular weight excluding hydrogens is 384 g/mol. The minimum atomic E-state index is 0.562. The number of rotatable bonds is 6. The van der Waals surface area contributed by atoms with Gasteiger partial charge in [0.25, 0.3) is 0 Å². The van der Waals surface area contributed by atoms with E-state index in [2.05, 4.69) is 39.3 Å². The quantitative estimate of drug-likeness (QED) is 0.448. The molecule has 0 saturated carbocycles. The highest BCUT2D eigenvalue weighted by Crippen LogP contribution is 2.19. The van der Waals surface area contributed by atoms with Crippen molar-refractivity contribution in [1.29, 1.82) is 0 Å². The number of hydrogen-bond donors (Lipinski definition) is 3. The van der Waals surface area contributed by atoms with Crippen LogP contribution in [0.1, 0.15) is 33.9 Å². The maximum atomic E-state index is 6.06. The second-order valence-electron chi connectivity index (χ2n) is 7.23. The molecule has 0 aliphatic heterocycles. The zero-order valence-corrected chi connectivity index (χ0v) is 17.2. The number of pyridine rings is 2. The van der Waals surface area contributed by atoms with E-state index in [1.807, 2.05) is 31.3 Å². The van der Waals surface area contributed by atoms with E-state index in [9.17, 15) is 0 Å². The van der Waals surface area contributed by atoms with Crippen LogP contribution in [0.4, 0.5) is 5.82 Å². The van der Waals surface area contributed by atoms with Crippen molar-refractivity contribution in [2.24, 2.45) is 0 Å². The van der Waals surface area contributed by atoms with Gasteiger partial charge in [-0.3, -0.25) is 4.98 Å². The number of nitrogens with two attached hydrogens (primary N) is 1. The predicted octanol–water partition coefficient (Wildman–Crippen LogP) is 4.09. The van der Waals surface area contributed by atoms with Gasteiger partial charge < -0.3 is 16.0 Å². The Morgan fingerprint density at radius 2 is 1.97 bits per heavy atom. The summed E-state index contributed by atoms with van der Waals surface area (Å²) in [7, 11) is 0. The van der Waals surface area contributed by atoms with Gasteiger partial charge in [0.2, 0.25) is 0 Å². The first kappa shape index (κ1) is 19.4. The van der Waals surface area contributed by atoms with Crippen molar-refractivity contribution in [2.75, 3.05) is 5.73 Å². The summed E-state index contributed by atoms with van der Waals surface area (Å²) in [5, 5.41) is 5.12. The van der Waals surface area contributed by atoms with Gasteiger partial charge >= 0.3 is 0 Å². The monoisotopic (exact) mass is 406 g/mol. The maximum Gasteiger partial charge on any atom is 0.123 e. The van der Waals surface area contributed by atoms with Crippen molar-refractivity contribution in [3.8, 4) is 0 Å². The second-order valence-corrected chi connectivity index (χ2v) is 7.66. The van der Waals surface area contributed by atoms with Crippen LogP contribution in [0.2, 0.25) is 5.02 Å². The van der Waals surface area contributed by atoms with E-state index in [1.165, 1.54) is 5.56 Å². The number of fused-ring (bicyclic) bond motifs is 1. The Bertz CT molecular complexity index is 1140. The standard InChI is InChI=1S/C22H23ClN6/c1-13-5-21(24)28-14(2)19(13)12-25-10-18-11-27-22(29-18)7-15-3-4-20-16(6-15)8-17(23)9-26-20/h3-6,8-9,11,25H,7,10,12H2,1-2H3,(H2,24,28)(H,27,29). The average Bonchev–Trinajstić information content (AvgIpc) is 3.10. The number of benzene rings is 1. The summed E-state index contributed by atoms with van der Waals surface area (Å²) in [6.07, 6.45) is 4.34. The molecule has 4 rings (SSSR count). The summed E-state index contributed by atoms with van der Waals surface area (Å²) in [6, 6.07) is 10.0. The molecule has 1 aromatic carbocycles. The largest absolute Gasteiger partial charge is 0.384 e. The van der Waals surface area contributed by atoms with Crippen LogP contribution >= 0.6 is 11.6 Å². The molecule has 0 aliphatic carbocycles. The van der Waals surface area contributed by atoms with E-state index >= 15 is 0 Å². The molecule has 0 amide bonds. The van der Waals surface area contributed by atoms with Crippen LogP contribution in [0.25, 0.3) is 10.9 Å². The molecule has 0 aliphatic rings. The first-order valence-electron chi connectivity index (χ1n) is 9.48. The number of hydrogen-bond acceptors (Lipinski definition) is 5. The third-order valence-corrected chi connectivity index (χ3v) is 5.16. The van der Waals surface area contributed by atoms with Crippen molar-refractivity contribution < 1.29 is 0 Å². The Hall–Kier alpha value is -2.96. The number of halogens is 1. The number of nitrogens with zero attached hydrogens (tertiary/aromatic N) is 3. The molecule has 6 nitrogen and oxygen atoms in total. The fourth-order valence-electron chi connectivity index (χ4n) is 3.51. The first-order valence-corrected chi connectivity index (χ1v) is 9.86. The molecule has 29 heavy (non-hydrogen) atoms. The smallest absolute Gasteiger partial charge is 0.123 e. The highest BCUT2D eigenvalue weighted by atomic mass is 35.5. The third-order valence-electron chi connectivity index (χ3n) is 4.95. The molecule has 0 saturated heterocycles. The van der Waals surface area contributed by atoms with Gasteiger partial charge in [0.15, 0.2) is 0 Å². The molecule has 4 aromatic rings. The number of nitrogen functional groups attached to an aromatic ring is 1. The van der Waals surface area contributed by atoms with Crippen LogP contribution in [-0.4, -0.2) is 19.9 Å². The fourth-order valence-corrected chi connectivity index (χ4v) is 3.68. The highest BCUT2D eigenvalue weighted by Gasteiger charge is 2.07. The van der Waals surface area contributed by atoms with Crippen LogP contribution in [0, 0.1) is 13.8 Å². The highest BCUT2D eigenvalue weighted by molar-refractivity contribution is 6.31. The number of nitrogens with one attached hydrogen (secondary N) is 2. The van der Waals surface area contributed by atoms with Crippen LogP contribution in [0.15, 0.2) is 42.7 Å². The molecule has 4 N–H and O–H groups in total. The van der Waals surface area contributed by atoms with E-state index in [-0.39, 0.29) is 0 Å². The van der Waals surface area contributed by atoms with Gasteiger partial charge in [-0.1, -0.05) is 17.7 Å². The van der Waals surface area contributed by atoms with Gasteiger partial charge in [-0.2, -0.15) is 0 Å². The minimum absolute atomic E-state index is 0.562. The molecule has 0 spiro atoms. The van der Waals surface area contributed by atoms with Gasteiger partial charge in [0, 0.05) is 43.0 Å². The molecule has 3 aromatic heterocycles. The molecule has 148 valence electrons. The number of anilines is 1. The van der Waals surface area contributed by atoms with Gasteiger partial charge in [-0.15, -0.1) is 0 Å². The lowest BCUT2D eigenvalue weighted by atomic mass is 10.1. The first-order chi connectivity index (χ1) is 14.0. The molecule has 0 bridgehead atoms. The van der Waals surface area contributed by atoms with E-state index in [1.54, 1.807) is 6.20 Å². The van der Waals surface area contributed by atoms with Gasteiger partial charge in [0.05, 0.1) is 16.2 Å². The normalized spacial score (nSPS) is 11.3. The van der Waals surface area contributed by atoms with Crippen LogP contribution < -0.4 is 11.1 Å². The molecular formula is C22H23ClN6. The van der Waals surface area contributed by atoms with E-state index in [4.69, 9.17) is 22.3 Å². The lowest BCUT2D eigenvalue weighted by Gasteiger charge is -2.10. The summed E-state index contributed by atoms with van der Waals surface area (Å²) >= 11 is 6.06. The van der Waals surface area contributed by atoms with Gasteiger partial charge in [-0.05, 0) is 54.8 Å². The topological polar surface area (TPSA) is 92.5 Å².